The molecular formula is C11H19NS. The number of nitrogens with one attached hydrogen (secondary N) is 1. The van der Waals surface area contributed by atoms with E-state index in [0.717, 1.165) is 6.54 Å². The van der Waals surface area contributed by atoms with Crippen LogP contribution in [-0.2, 0) is 6.42 Å². The quantitative estimate of drug-likeness (QED) is 0.739. The summed E-state index contributed by atoms with van der Waals surface area (Å²) in [6.45, 7) is 5.61. The summed E-state index contributed by atoms with van der Waals surface area (Å²) in [6.07, 6.45) is 3.73. The molecule has 74 valence electrons. The van der Waals surface area contributed by atoms with Crippen LogP contribution in [0.15, 0.2) is 17.5 Å². The van der Waals surface area contributed by atoms with Crippen LogP contribution in [0.1, 0.15) is 31.6 Å². The van der Waals surface area contributed by atoms with Crippen molar-refractivity contribution in [2.24, 2.45) is 0 Å². The van der Waals surface area contributed by atoms with E-state index in [1.54, 1.807) is 0 Å². The Balaban J connectivity index is 2.07. The minimum atomic E-state index is 0.671. The Labute approximate surface area is 85.2 Å². The largest absolute Gasteiger partial charge is 0.314 e. The Kier molecular flexibility index (Phi) is 5.09. The van der Waals surface area contributed by atoms with Crippen LogP contribution in [0.5, 0.6) is 0 Å². The summed E-state index contributed by atoms with van der Waals surface area (Å²) >= 11 is 1.85. The Morgan fingerprint density at radius 2 is 2.38 bits per heavy atom. The minimum absolute atomic E-state index is 0.671. The van der Waals surface area contributed by atoms with E-state index < -0.39 is 0 Å². The van der Waals surface area contributed by atoms with E-state index in [9.17, 15) is 0 Å². The summed E-state index contributed by atoms with van der Waals surface area (Å²) in [4.78, 5) is 1.48. The second kappa shape index (κ2) is 6.17. The van der Waals surface area contributed by atoms with E-state index in [4.69, 9.17) is 0 Å². The highest BCUT2D eigenvalue weighted by Crippen LogP contribution is 2.08. The number of thiophene rings is 1. The molecule has 1 nitrogen and oxygen atoms in total. The van der Waals surface area contributed by atoms with Gasteiger partial charge in [0.15, 0.2) is 0 Å². The second-order valence-corrected chi connectivity index (χ2v) is 4.51. The molecule has 1 N–H and O–H groups in total. The van der Waals surface area contributed by atoms with Gasteiger partial charge in [0.05, 0.1) is 0 Å². The molecule has 0 aliphatic rings. The molecule has 0 spiro atoms. The Bertz CT molecular complexity index is 206. The fraction of sp³-hybridized carbons (Fsp3) is 0.636. The predicted octanol–water partition coefficient (Wildman–Crippen LogP) is 3.07. The minimum Gasteiger partial charge on any atom is -0.314 e. The third kappa shape index (κ3) is 4.44. The van der Waals surface area contributed by atoms with Crippen molar-refractivity contribution in [3.63, 3.8) is 0 Å². The molecule has 1 rings (SSSR count). The molecule has 1 heterocycles. The van der Waals surface area contributed by atoms with Crippen LogP contribution >= 0.6 is 11.3 Å². The van der Waals surface area contributed by atoms with Gasteiger partial charge in [-0.05, 0) is 31.2 Å². The number of hydrogen-bond donors (Lipinski definition) is 1. The van der Waals surface area contributed by atoms with E-state index in [1.165, 1.54) is 24.1 Å². The number of rotatable bonds is 6. The molecule has 1 atom stereocenters. The fourth-order valence-electron chi connectivity index (χ4n) is 1.43. The standard InChI is InChI=1S/C11H19NS/c1-3-5-10(2)12-8-7-11-6-4-9-13-11/h4,6,9-10,12H,3,5,7-8H2,1-2H3/t10-/m0/s1. The predicted molar refractivity (Wildman–Crippen MR) is 60.4 cm³/mol. The van der Waals surface area contributed by atoms with Gasteiger partial charge in [-0.2, -0.15) is 0 Å². The summed E-state index contributed by atoms with van der Waals surface area (Å²) < 4.78 is 0. The SMILES string of the molecule is CCC[C@H](C)NCCc1cccs1. The first-order chi connectivity index (χ1) is 6.33. The fourth-order valence-corrected chi connectivity index (χ4v) is 2.14. The van der Waals surface area contributed by atoms with Crippen molar-refractivity contribution in [1.82, 2.24) is 5.32 Å². The lowest BCUT2D eigenvalue weighted by Crippen LogP contribution is -2.27. The van der Waals surface area contributed by atoms with Crippen LogP contribution in [0.25, 0.3) is 0 Å². The maximum Gasteiger partial charge on any atom is 0.00578 e. The van der Waals surface area contributed by atoms with Gasteiger partial charge in [0, 0.05) is 17.5 Å². The van der Waals surface area contributed by atoms with Crippen LogP contribution in [0.2, 0.25) is 0 Å². The maximum absolute atomic E-state index is 3.53. The summed E-state index contributed by atoms with van der Waals surface area (Å²) in [5.41, 5.74) is 0. The van der Waals surface area contributed by atoms with Gasteiger partial charge in [0.2, 0.25) is 0 Å². The van der Waals surface area contributed by atoms with Crippen molar-refractivity contribution in [1.29, 1.82) is 0 Å². The molecule has 0 saturated heterocycles. The molecule has 13 heavy (non-hydrogen) atoms. The van der Waals surface area contributed by atoms with Crippen LogP contribution in [0.4, 0.5) is 0 Å². The molecule has 0 saturated carbocycles. The van der Waals surface area contributed by atoms with Crippen LogP contribution < -0.4 is 5.32 Å². The van der Waals surface area contributed by atoms with Gasteiger partial charge < -0.3 is 5.32 Å². The average Bonchev–Trinajstić information content (AvgIpc) is 2.57. The summed E-state index contributed by atoms with van der Waals surface area (Å²) in [5.74, 6) is 0. The molecule has 1 aromatic rings. The zero-order valence-electron chi connectivity index (χ0n) is 8.55. The first-order valence-corrected chi connectivity index (χ1v) is 5.96. The van der Waals surface area contributed by atoms with Crippen LogP contribution in [-0.4, -0.2) is 12.6 Å². The second-order valence-electron chi connectivity index (χ2n) is 3.47. The smallest absolute Gasteiger partial charge is 0.00578 e. The molecule has 0 aliphatic heterocycles. The van der Waals surface area contributed by atoms with E-state index in [1.807, 2.05) is 11.3 Å². The van der Waals surface area contributed by atoms with Crippen molar-refractivity contribution < 1.29 is 0 Å². The van der Waals surface area contributed by atoms with E-state index in [2.05, 4.69) is 36.7 Å². The van der Waals surface area contributed by atoms with E-state index in [-0.39, 0.29) is 0 Å². The highest BCUT2D eigenvalue weighted by Gasteiger charge is 1.99. The molecule has 2 heteroatoms. The lowest BCUT2D eigenvalue weighted by molar-refractivity contribution is 0.513. The molecule has 1 aromatic heterocycles. The van der Waals surface area contributed by atoms with Gasteiger partial charge in [-0.15, -0.1) is 11.3 Å². The molecule has 0 bridgehead atoms. The number of hydrogen-bond acceptors (Lipinski definition) is 2. The molecule has 0 aromatic carbocycles. The van der Waals surface area contributed by atoms with Gasteiger partial charge in [-0.3, -0.25) is 0 Å². The van der Waals surface area contributed by atoms with Crippen molar-refractivity contribution >= 4 is 11.3 Å². The lowest BCUT2D eigenvalue weighted by Gasteiger charge is -2.11. The molecule has 0 radical (unpaired) electrons. The van der Waals surface area contributed by atoms with E-state index in [0.29, 0.717) is 6.04 Å². The Hall–Kier alpha value is -0.340. The van der Waals surface area contributed by atoms with Gasteiger partial charge in [-0.1, -0.05) is 19.4 Å². The molecule has 0 fully saturated rings. The van der Waals surface area contributed by atoms with E-state index >= 15 is 0 Å². The molecule has 0 amide bonds. The van der Waals surface area contributed by atoms with Gasteiger partial charge in [-0.25, -0.2) is 0 Å². The highest BCUT2D eigenvalue weighted by molar-refractivity contribution is 7.09. The van der Waals surface area contributed by atoms with Crippen LogP contribution in [0, 0.1) is 0 Å². The van der Waals surface area contributed by atoms with Gasteiger partial charge in [0.1, 0.15) is 0 Å². The third-order valence-corrected chi connectivity index (χ3v) is 3.10. The van der Waals surface area contributed by atoms with Gasteiger partial charge in [0.25, 0.3) is 0 Å². The van der Waals surface area contributed by atoms with Crippen molar-refractivity contribution in [2.75, 3.05) is 6.54 Å². The third-order valence-electron chi connectivity index (χ3n) is 2.17. The zero-order chi connectivity index (χ0) is 9.52. The summed E-state index contributed by atoms with van der Waals surface area (Å²) in [6, 6.07) is 5.00. The van der Waals surface area contributed by atoms with Gasteiger partial charge >= 0.3 is 0 Å². The summed E-state index contributed by atoms with van der Waals surface area (Å²) in [7, 11) is 0. The zero-order valence-corrected chi connectivity index (χ0v) is 9.36. The highest BCUT2D eigenvalue weighted by atomic mass is 32.1. The average molecular weight is 197 g/mol. The monoisotopic (exact) mass is 197 g/mol. The van der Waals surface area contributed by atoms with Crippen LogP contribution in [0.3, 0.4) is 0 Å². The topological polar surface area (TPSA) is 12.0 Å². The molecule has 0 aliphatic carbocycles. The summed E-state index contributed by atoms with van der Waals surface area (Å²) in [5, 5.41) is 5.67. The molecule has 0 unspecified atom stereocenters. The molecular weight excluding hydrogens is 178 g/mol. The normalized spacial score (nSPS) is 13.1. The first-order valence-electron chi connectivity index (χ1n) is 5.08. The maximum atomic E-state index is 3.53. The lowest BCUT2D eigenvalue weighted by atomic mass is 10.2. The van der Waals surface area contributed by atoms with Crippen molar-refractivity contribution in [2.45, 2.75) is 39.2 Å². The van der Waals surface area contributed by atoms with Crippen molar-refractivity contribution in [3.05, 3.63) is 22.4 Å². The van der Waals surface area contributed by atoms with Crippen molar-refractivity contribution in [3.8, 4) is 0 Å². The first kappa shape index (κ1) is 10.7. The Morgan fingerprint density at radius 1 is 1.54 bits per heavy atom. The Morgan fingerprint density at radius 3 is 3.00 bits per heavy atom.